The van der Waals surface area contributed by atoms with E-state index < -0.39 is 17.2 Å². The van der Waals surface area contributed by atoms with Gasteiger partial charge in [0.05, 0.1) is 22.8 Å². The standard InChI is InChI=1S/C24H23F2N3O3S/c1-3-32-24(31)20-21(30)16-12-17(26)19(28-10-8-27(2)9-11-28)13-18(16)29-22(33-23(20)29)14-4-6-15(25)7-5-14/h4-7,12-13,22H,3,8-11H2,1-2H3. The van der Waals surface area contributed by atoms with Crippen LogP contribution in [0.1, 0.15) is 28.2 Å². The minimum absolute atomic E-state index is 0.0838. The van der Waals surface area contributed by atoms with Crippen LogP contribution in [0.5, 0.6) is 0 Å². The molecule has 0 spiro atoms. The van der Waals surface area contributed by atoms with E-state index in [1.807, 2.05) is 16.5 Å². The molecule has 2 aliphatic heterocycles. The number of rotatable bonds is 4. The van der Waals surface area contributed by atoms with Crippen LogP contribution in [-0.4, -0.2) is 55.3 Å². The van der Waals surface area contributed by atoms with Crippen LogP contribution in [0, 0.1) is 11.6 Å². The van der Waals surface area contributed by atoms with E-state index in [0.29, 0.717) is 29.3 Å². The number of carbonyl (C=O) groups excluding carboxylic acids is 1. The molecular weight excluding hydrogens is 448 g/mol. The quantitative estimate of drug-likeness (QED) is 0.539. The lowest BCUT2D eigenvalue weighted by atomic mass is 10.1. The van der Waals surface area contributed by atoms with Crippen molar-refractivity contribution in [2.45, 2.75) is 17.3 Å². The Morgan fingerprint density at radius 3 is 2.48 bits per heavy atom. The second-order valence-electron chi connectivity index (χ2n) is 8.23. The summed E-state index contributed by atoms with van der Waals surface area (Å²) >= 11 is 1.34. The third-order valence-electron chi connectivity index (χ3n) is 6.17. The molecule has 1 saturated heterocycles. The molecule has 0 saturated carbocycles. The topological polar surface area (TPSA) is 54.8 Å². The molecule has 2 aliphatic rings. The largest absolute Gasteiger partial charge is 0.462 e. The zero-order chi connectivity index (χ0) is 23.3. The average molecular weight is 472 g/mol. The van der Waals surface area contributed by atoms with E-state index >= 15 is 4.39 Å². The molecule has 3 aromatic rings. The van der Waals surface area contributed by atoms with Crippen molar-refractivity contribution < 1.29 is 18.3 Å². The van der Waals surface area contributed by atoms with Crippen LogP contribution in [-0.2, 0) is 4.74 Å². The second-order valence-corrected chi connectivity index (χ2v) is 9.30. The van der Waals surface area contributed by atoms with Crippen LogP contribution in [0.2, 0.25) is 0 Å². The summed E-state index contributed by atoms with van der Waals surface area (Å²) < 4.78 is 35.7. The Bertz CT molecular complexity index is 1300. The first-order valence-electron chi connectivity index (χ1n) is 10.8. The van der Waals surface area contributed by atoms with E-state index in [4.69, 9.17) is 4.74 Å². The van der Waals surface area contributed by atoms with E-state index in [-0.39, 0.29) is 28.7 Å². The van der Waals surface area contributed by atoms with Gasteiger partial charge in [0.2, 0.25) is 5.43 Å². The number of hydrogen-bond donors (Lipinski definition) is 0. The Kier molecular flexibility index (Phi) is 5.62. The molecule has 1 atom stereocenters. The summed E-state index contributed by atoms with van der Waals surface area (Å²) in [5, 5.41) is 0.337. The van der Waals surface area contributed by atoms with Gasteiger partial charge < -0.3 is 19.1 Å². The molecular formula is C24H23F2N3O3S. The molecule has 172 valence electrons. The molecule has 6 nitrogen and oxygen atoms in total. The summed E-state index contributed by atoms with van der Waals surface area (Å²) in [5.41, 5.74) is 1.18. The number of hydrogen-bond acceptors (Lipinski definition) is 6. The van der Waals surface area contributed by atoms with Crippen molar-refractivity contribution in [1.82, 2.24) is 9.47 Å². The van der Waals surface area contributed by atoms with Crippen molar-refractivity contribution in [3.05, 3.63) is 69.4 Å². The maximum Gasteiger partial charge on any atom is 0.344 e. The highest BCUT2D eigenvalue weighted by molar-refractivity contribution is 8.00. The number of pyridine rings is 1. The molecule has 1 fully saturated rings. The number of ether oxygens (including phenoxy) is 1. The minimum Gasteiger partial charge on any atom is -0.462 e. The first-order valence-corrected chi connectivity index (χ1v) is 11.7. The summed E-state index contributed by atoms with van der Waals surface area (Å²) in [6.07, 6.45) is 0. The molecule has 0 N–H and O–H groups in total. The van der Waals surface area contributed by atoms with Crippen molar-refractivity contribution >= 4 is 34.3 Å². The summed E-state index contributed by atoms with van der Waals surface area (Å²) in [5.74, 6) is -1.56. The molecule has 5 rings (SSSR count). The van der Waals surface area contributed by atoms with Gasteiger partial charge in [0.1, 0.15) is 22.6 Å². The molecule has 0 aliphatic carbocycles. The van der Waals surface area contributed by atoms with Crippen LogP contribution in [0.25, 0.3) is 10.9 Å². The highest BCUT2D eigenvalue weighted by Crippen LogP contribution is 2.50. The number of thioether (sulfide) groups is 1. The molecule has 1 unspecified atom stereocenters. The zero-order valence-electron chi connectivity index (χ0n) is 18.3. The van der Waals surface area contributed by atoms with Gasteiger partial charge in [0.25, 0.3) is 0 Å². The maximum atomic E-state index is 15.2. The van der Waals surface area contributed by atoms with Gasteiger partial charge in [-0.1, -0.05) is 23.9 Å². The van der Waals surface area contributed by atoms with Crippen molar-refractivity contribution in [2.75, 3.05) is 44.7 Å². The van der Waals surface area contributed by atoms with Crippen molar-refractivity contribution in [1.29, 1.82) is 0 Å². The van der Waals surface area contributed by atoms with Crippen molar-refractivity contribution in [3.8, 4) is 0 Å². The predicted octanol–water partition coefficient (Wildman–Crippen LogP) is 3.86. The fraction of sp³-hybridized carbons (Fsp3) is 0.333. The van der Waals surface area contributed by atoms with Crippen LogP contribution in [0.4, 0.5) is 14.5 Å². The molecule has 0 bridgehead atoms. The van der Waals surface area contributed by atoms with E-state index in [2.05, 4.69) is 4.90 Å². The minimum atomic E-state index is -0.721. The Labute approximate surface area is 193 Å². The number of fused-ring (bicyclic) bond motifs is 3. The van der Waals surface area contributed by atoms with Gasteiger partial charge in [-0.2, -0.15) is 0 Å². The van der Waals surface area contributed by atoms with Gasteiger partial charge in [-0.3, -0.25) is 4.79 Å². The number of aromatic nitrogens is 1. The Balaban J connectivity index is 1.71. The lowest BCUT2D eigenvalue weighted by Crippen LogP contribution is -2.44. The molecule has 0 radical (unpaired) electrons. The van der Waals surface area contributed by atoms with Gasteiger partial charge in [0.15, 0.2) is 0 Å². The number of esters is 1. The normalized spacial score (nSPS) is 18.2. The summed E-state index contributed by atoms with van der Waals surface area (Å²) in [7, 11) is 2.03. The molecule has 33 heavy (non-hydrogen) atoms. The fourth-order valence-electron chi connectivity index (χ4n) is 4.37. The Hall–Kier alpha value is -2.91. The monoisotopic (exact) mass is 471 g/mol. The van der Waals surface area contributed by atoms with Gasteiger partial charge in [-0.15, -0.1) is 0 Å². The SMILES string of the molecule is CCOC(=O)c1c2n(c3cc(N4CCN(C)CC4)c(F)cc3c1=O)C(c1ccc(F)cc1)S2. The average Bonchev–Trinajstić information content (AvgIpc) is 2.78. The van der Waals surface area contributed by atoms with E-state index in [1.165, 1.54) is 30.0 Å². The van der Waals surface area contributed by atoms with Crippen LogP contribution in [0.15, 0.2) is 46.2 Å². The molecule has 3 heterocycles. The molecule has 2 aromatic carbocycles. The number of benzene rings is 2. The molecule has 9 heteroatoms. The van der Waals surface area contributed by atoms with Crippen LogP contribution < -0.4 is 10.3 Å². The number of nitrogens with zero attached hydrogens (tertiary/aromatic N) is 3. The third-order valence-corrected chi connectivity index (χ3v) is 7.50. The number of piperazine rings is 1. The first-order chi connectivity index (χ1) is 15.9. The fourth-order valence-corrected chi connectivity index (χ4v) is 5.65. The number of carbonyl (C=O) groups is 1. The molecule has 0 amide bonds. The highest BCUT2D eigenvalue weighted by atomic mass is 32.2. The third kappa shape index (κ3) is 3.69. The summed E-state index contributed by atoms with van der Waals surface area (Å²) in [6.45, 7) is 4.76. The van der Waals surface area contributed by atoms with E-state index in [0.717, 1.165) is 18.7 Å². The second kappa shape index (κ2) is 8.46. The number of likely N-dealkylation sites (N-methyl/N-ethyl adjacent to an activating group) is 1. The van der Waals surface area contributed by atoms with E-state index in [1.54, 1.807) is 25.1 Å². The highest BCUT2D eigenvalue weighted by Gasteiger charge is 2.37. The van der Waals surface area contributed by atoms with Gasteiger partial charge >= 0.3 is 5.97 Å². The van der Waals surface area contributed by atoms with E-state index in [9.17, 15) is 14.0 Å². The van der Waals surface area contributed by atoms with Crippen molar-refractivity contribution in [2.24, 2.45) is 0 Å². The van der Waals surface area contributed by atoms with Gasteiger partial charge in [0, 0.05) is 31.6 Å². The first kappa shape index (κ1) is 21.9. The van der Waals surface area contributed by atoms with Gasteiger partial charge in [-0.05, 0) is 43.8 Å². The van der Waals surface area contributed by atoms with Crippen molar-refractivity contribution in [3.63, 3.8) is 0 Å². The smallest absolute Gasteiger partial charge is 0.344 e. The summed E-state index contributed by atoms with van der Waals surface area (Å²) in [4.78, 5) is 30.0. The summed E-state index contributed by atoms with van der Waals surface area (Å²) in [6, 6.07) is 9.03. The Morgan fingerprint density at radius 1 is 1.12 bits per heavy atom. The lowest BCUT2D eigenvalue weighted by Gasteiger charge is -2.37. The number of anilines is 1. The Morgan fingerprint density at radius 2 is 1.82 bits per heavy atom. The van der Waals surface area contributed by atoms with Gasteiger partial charge in [-0.25, -0.2) is 13.6 Å². The van der Waals surface area contributed by atoms with Crippen LogP contribution in [0.3, 0.4) is 0 Å². The maximum absolute atomic E-state index is 15.2. The van der Waals surface area contributed by atoms with Crippen LogP contribution >= 0.6 is 11.8 Å². The lowest BCUT2D eigenvalue weighted by molar-refractivity contribution is 0.0518. The predicted molar refractivity (Wildman–Crippen MR) is 124 cm³/mol. The number of halogens is 2. The zero-order valence-corrected chi connectivity index (χ0v) is 19.1. The molecule has 1 aromatic heterocycles.